The first-order chi connectivity index (χ1) is 12.6. The number of ether oxygens (including phenoxy) is 1. The maximum absolute atomic E-state index is 12.8. The Hall–Kier alpha value is -2.58. The molecule has 0 fully saturated rings. The summed E-state index contributed by atoms with van der Waals surface area (Å²) in [4.78, 5) is 11.9. The highest BCUT2D eigenvalue weighted by molar-refractivity contribution is 7.93. The number of furan rings is 1. The molecule has 136 valence electrons. The van der Waals surface area contributed by atoms with Crippen LogP contribution in [0.15, 0.2) is 74.9 Å². The van der Waals surface area contributed by atoms with Crippen molar-refractivity contribution in [2.45, 2.75) is 16.1 Å². The van der Waals surface area contributed by atoms with Crippen LogP contribution in [0.2, 0.25) is 0 Å². The van der Waals surface area contributed by atoms with E-state index in [-0.39, 0.29) is 23.1 Å². The van der Waals surface area contributed by atoms with Gasteiger partial charge in [-0.05, 0) is 29.1 Å². The van der Waals surface area contributed by atoms with Crippen molar-refractivity contribution in [1.82, 2.24) is 5.32 Å². The third-order valence-electron chi connectivity index (χ3n) is 3.66. The number of nitrogens with one attached hydrogen (secondary N) is 1. The summed E-state index contributed by atoms with van der Waals surface area (Å²) < 4.78 is 36.3. The van der Waals surface area contributed by atoms with Crippen molar-refractivity contribution in [3.8, 4) is 0 Å². The summed E-state index contributed by atoms with van der Waals surface area (Å²) in [6.07, 6.45) is 0.715. The molecule has 0 bridgehead atoms. The van der Waals surface area contributed by atoms with E-state index in [2.05, 4.69) is 5.32 Å². The lowest BCUT2D eigenvalue weighted by atomic mass is 10.2. The van der Waals surface area contributed by atoms with Gasteiger partial charge in [0.15, 0.2) is 9.84 Å². The van der Waals surface area contributed by atoms with Crippen LogP contribution < -0.4 is 5.32 Å². The van der Waals surface area contributed by atoms with Gasteiger partial charge in [0.25, 0.3) is 0 Å². The van der Waals surface area contributed by atoms with Crippen LogP contribution in [0.25, 0.3) is 0 Å². The Bertz CT molecular complexity index is 919. The van der Waals surface area contributed by atoms with Crippen molar-refractivity contribution in [2.75, 3.05) is 6.54 Å². The Morgan fingerprint density at radius 2 is 1.92 bits per heavy atom. The number of hydrogen-bond acceptors (Lipinski definition) is 6. The summed E-state index contributed by atoms with van der Waals surface area (Å²) in [5, 5.41) is 3.17. The van der Waals surface area contributed by atoms with Gasteiger partial charge in [-0.25, -0.2) is 13.2 Å². The number of sulfone groups is 1. The van der Waals surface area contributed by atoms with Crippen LogP contribution >= 0.6 is 11.3 Å². The second-order valence-electron chi connectivity index (χ2n) is 5.42. The molecule has 0 unspecified atom stereocenters. The van der Waals surface area contributed by atoms with Gasteiger partial charge >= 0.3 is 6.09 Å². The fourth-order valence-corrected chi connectivity index (χ4v) is 5.14. The van der Waals surface area contributed by atoms with Crippen LogP contribution in [0.3, 0.4) is 0 Å². The van der Waals surface area contributed by atoms with E-state index in [9.17, 15) is 13.2 Å². The third-order valence-corrected chi connectivity index (χ3v) is 7.15. The average Bonchev–Trinajstić information content (AvgIpc) is 3.35. The van der Waals surface area contributed by atoms with Crippen molar-refractivity contribution >= 4 is 27.3 Å². The Labute approximate surface area is 155 Å². The largest absolute Gasteiger partial charge is 0.468 e. The van der Waals surface area contributed by atoms with E-state index < -0.39 is 21.2 Å². The standard InChI is InChI=1S/C18H17NO5S2/c20-18(24-13-14-6-2-1-3-7-14)19-12-16(15-8-4-10-23-15)26(21,22)17-9-5-11-25-17/h1-11,16H,12-13H2,(H,19,20)/t16-/m1/s1. The van der Waals surface area contributed by atoms with Crippen LogP contribution in [0.5, 0.6) is 0 Å². The van der Waals surface area contributed by atoms with Gasteiger partial charge in [-0.1, -0.05) is 36.4 Å². The molecule has 6 nitrogen and oxygen atoms in total. The van der Waals surface area contributed by atoms with E-state index >= 15 is 0 Å². The molecule has 1 amide bonds. The fraction of sp³-hybridized carbons (Fsp3) is 0.167. The summed E-state index contributed by atoms with van der Waals surface area (Å²) >= 11 is 1.12. The van der Waals surface area contributed by atoms with Gasteiger partial charge in [0, 0.05) is 6.54 Å². The summed E-state index contributed by atoms with van der Waals surface area (Å²) in [6, 6.07) is 15.6. The zero-order chi connectivity index (χ0) is 18.4. The molecule has 1 aromatic carbocycles. The molecule has 26 heavy (non-hydrogen) atoms. The molecule has 3 aromatic rings. The van der Waals surface area contributed by atoms with E-state index in [1.54, 1.807) is 23.6 Å². The highest BCUT2D eigenvalue weighted by Gasteiger charge is 2.32. The maximum atomic E-state index is 12.8. The lowest BCUT2D eigenvalue weighted by Crippen LogP contribution is -2.32. The predicted molar refractivity (Wildman–Crippen MR) is 97.6 cm³/mol. The first-order valence-corrected chi connectivity index (χ1v) is 10.3. The van der Waals surface area contributed by atoms with E-state index in [1.165, 1.54) is 12.3 Å². The molecule has 0 aliphatic carbocycles. The monoisotopic (exact) mass is 391 g/mol. The van der Waals surface area contributed by atoms with Crippen molar-refractivity contribution < 1.29 is 22.4 Å². The first-order valence-electron chi connectivity index (χ1n) is 7.83. The molecule has 0 saturated heterocycles. The molecule has 2 heterocycles. The van der Waals surface area contributed by atoms with Gasteiger partial charge < -0.3 is 14.5 Å². The molecule has 1 atom stereocenters. The summed E-state index contributed by atoms with van der Waals surface area (Å²) in [7, 11) is -3.69. The number of rotatable bonds is 7. The summed E-state index contributed by atoms with van der Waals surface area (Å²) in [5.41, 5.74) is 0.844. The summed E-state index contributed by atoms with van der Waals surface area (Å²) in [6.45, 7) is -0.0445. The minimum Gasteiger partial charge on any atom is -0.468 e. The number of carbonyl (C=O) groups excluding carboxylic acids is 1. The van der Waals surface area contributed by atoms with Crippen molar-refractivity contribution in [1.29, 1.82) is 0 Å². The lowest BCUT2D eigenvalue weighted by molar-refractivity contribution is 0.139. The molecule has 0 saturated carbocycles. The molecule has 0 radical (unpaired) electrons. The predicted octanol–water partition coefficient (Wildman–Crippen LogP) is 3.78. The van der Waals surface area contributed by atoms with Gasteiger partial charge in [-0.3, -0.25) is 0 Å². The second-order valence-corrected chi connectivity index (χ2v) is 8.73. The minimum absolute atomic E-state index is 0.107. The molecule has 0 spiro atoms. The van der Waals surface area contributed by atoms with E-state index in [1.807, 2.05) is 30.3 Å². The van der Waals surface area contributed by atoms with E-state index in [0.717, 1.165) is 16.9 Å². The fourth-order valence-electron chi connectivity index (χ4n) is 2.35. The van der Waals surface area contributed by atoms with Gasteiger partial charge in [0.1, 0.15) is 21.8 Å². The number of amides is 1. The van der Waals surface area contributed by atoms with E-state index in [0.29, 0.717) is 0 Å². The SMILES string of the molecule is O=C(NC[C@H](c1ccco1)S(=O)(=O)c1cccs1)OCc1ccccc1. The van der Waals surface area contributed by atoms with Crippen molar-refractivity contribution in [2.24, 2.45) is 0 Å². The number of hydrogen-bond donors (Lipinski definition) is 1. The Morgan fingerprint density at radius 3 is 2.58 bits per heavy atom. The van der Waals surface area contributed by atoms with Gasteiger partial charge in [-0.15, -0.1) is 11.3 Å². The van der Waals surface area contributed by atoms with E-state index in [4.69, 9.17) is 9.15 Å². The molecule has 0 aliphatic rings. The Balaban J connectivity index is 1.66. The Kier molecular flexibility index (Phi) is 5.75. The van der Waals surface area contributed by atoms with Gasteiger partial charge in [0.2, 0.25) is 0 Å². The number of benzene rings is 1. The average molecular weight is 391 g/mol. The minimum atomic E-state index is -3.69. The molecule has 2 aromatic heterocycles. The van der Waals surface area contributed by atoms with Crippen LogP contribution in [-0.2, 0) is 21.2 Å². The highest BCUT2D eigenvalue weighted by atomic mass is 32.2. The third kappa shape index (κ3) is 4.33. The Morgan fingerprint density at radius 1 is 1.12 bits per heavy atom. The quantitative estimate of drug-likeness (QED) is 0.662. The van der Waals surface area contributed by atoms with Crippen LogP contribution in [-0.4, -0.2) is 21.1 Å². The maximum Gasteiger partial charge on any atom is 0.407 e. The molecular weight excluding hydrogens is 374 g/mol. The lowest BCUT2D eigenvalue weighted by Gasteiger charge is -2.15. The number of carbonyl (C=O) groups is 1. The molecule has 1 N–H and O–H groups in total. The molecule has 3 rings (SSSR count). The van der Waals surface area contributed by atoms with Gasteiger partial charge in [-0.2, -0.15) is 0 Å². The van der Waals surface area contributed by atoms with Crippen LogP contribution in [0.1, 0.15) is 16.6 Å². The molecular formula is C18H17NO5S2. The normalized spacial score (nSPS) is 12.5. The highest BCUT2D eigenvalue weighted by Crippen LogP contribution is 2.31. The second kappa shape index (κ2) is 8.20. The zero-order valence-electron chi connectivity index (χ0n) is 13.7. The molecule has 8 heteroatoms. The first kappa shape index (κ1) is 18.2. The van der Waals surface area contributed by atoms with Crippen molar-refractivity contribution in [3.63, 3.8) is 0 Å². The van der Waals surface area contributed by atoms with Crippen LogP contribution in [0.4, 0.5) is 4.79 Å². The zero-order valence-corrected chi connectivity index (χ0v) is 15.3. The smallest absolute Gasteiger partial charge is 0.407 e. The topological polar surface area (TPSA) is 85.6 Å². The van der Waals surface area contributed by atoms with Crippen LogP contribution in [0, 0.1) is 0 Å². The molecule has 0 aliphatic heterocycles. The summed E-state index contributed by atoms with van der Waals surface area (Å²) in [5.74, 6) is 0.266. The van der Waals surface area contributed by atoms with Gasteiger partial charge in [0.05, 0.1) is 6.26 Å². The number of thiophene rings is 1. The number of alkyl carbamates (subject to hydrolysis) is 1. The van der Waals surface area contributed by atoms with Crippen molar-refractivity contribution in [3.05, 3.63) is 77.6 Å².